The summed E-state index contributed by atoms with van der Waals surface area (Å²) in [6.45, 7) is 5.95. The molecule has 28 heavy (non-hydrogen) atoms. The minimum absolute atomic E-state index is 0.00599. The fourth-order valence-corrected chi connectivity index (χ4v) is 3.64. The Hall–Kier alpha value is -2.49. The summed E-state index contributed by atoms with van der Waals surface area (Å²) < 4.78 is 27.6. The zero-order valence-electron chi connectivity index (χ0n) is 15.9. The van der Waals surface area contributed by atoms with Crippen molar-refractivity contribution in [2.45, 2.75) is 37.8 Å². The summed E-state index contributed by atoms with van der Waals surface area (Å²) in [6.07, 6.45) is 0. The fourth-order valence-electron chi connectivity index (χ4n) is 2.22. The zero-order valence-corrected chi connectivity index (χ0v) is 17.6. The van der Waals surface area contributed by atoms with E-state index >= 15 is 0 Å². The van der Waals surface area contributed by atoms with E-state index in [1.165, 1.54) is 24.3 Å². The number of carbonyl (C=O) groups excluding carboxylic acids is 1. The average Bonchev–Trinajstić information content (AvgIpc) is 2.64. The first-order valence-corrected chi connectivity index (χ1v) is 10.5. The molecule has 2 aromatic rings. The second-order valence-corrected chi connectivity index (χ2v) is 9.30. The van der Waals surface area contributed by atoms with E-state index < -0.39 is 15.9 Å². The molecule has 2 rings (SSSR count). The second-order valence-electron chi connectivity index (χ2n) is 7.12. The van der Waals surface area contributed by atoms with Gasteiger partial charge in [-0.15, -0.1) is 0 Å². The van der Waals surface area contributed by atoms with Gasteiger partial charge in [-0.2, -0.15) is 0 Å². The summed E-state index contributed by atoms with van der Waals surface area (Å²) >= 11 is 5.09. The van der Waals surface area contributed by atoms with Crippen LogP contribution in [-0.2, 0) is 16.6 Å². The van der Waals surface area contributed by atoms with E-state index in [4.69, 9.17) is 12.2 Å². The number of hydrogen-bond donors (Lipinski definition) is 4. The van der Waals surface area contributed by atoms with Gasteiger partial charge in [0.25, 0.3) is 5.91 Å². The summed E-state index contributed by atoms with van der Waals surface area (Å²) in [7, 11) is -3.76. The van der Waals surface area contributed by atoms with Crippen molar-refractivity contribution in [3.63, 3.8) is 0 Å². The van der Waals surface area contributed by atoms with E-state index in [0.29, 0.717) is 0 Å². The van der Waals surface area contributed by atoms with Gasteiger partial charge in [0.1, 0.15) is 0 Å². The van der Waals surface area contributed by atoms with E-state index in [0.717, 1.165) is 5.56 Å². The number of amides is 1. The molecule has 0 fully saturated rings. The molecule has 0 aliphatic heterocycles. The lowest BCUT2D eigenvalue weighted by atomic mass is 10.1. The van der Waals surface area contributed by atoms with Crippen molar-refractivity contribution < 1.29 is 13.2 Å². The van der Waals surface area contributed by atoms with Crippen LogP contribution in [0.25, 0.3) is 0 Å². The van der Waals surface area contributed by atoms with Crippen LogP contribution in [-0.4, -0.2) is 25.0 Å². The normalized spacial score (nSPS) is 11.5. The SMILES string of the molecule is CC(C)(C)NC(=S)NNC(=O)c1cccc(S(=O)(=O)NCc2ccccc2)c1. The molecular formula is C19H24N4O3S2. The Labute approximate surface area is 170 Å². The third-order valence-corrected chi connectivity index (χ3v) is 5.10. The van der Waals surface area contributed by atoms with Crippen LogP contribution in [0.4, 0.5) is 0 Å². The van der Waals surface area contributed by atoms with Gasteiger partial charge in [-0.3, -0.25) is 15.6 Å². The summed E-state index contributed by atoms with van der Waals surface area (Å²) in [6, 6.07) is 15.0. The number of nitrogens with one attached hydrogen (secondary N) is 4. The first kappa shape index (κ1) is 21.8. The number of hydrogen-bond acceptors (Lipinski definition) is 4. The van der Waals surface area contributed by atoms with E-state index in [1.54, 1.807) is 0 Å². The van der Waals surface area contributed by atoms with Crippen LogP contribution < -0.4 is 20.9 Å². The Kier molecular flexibility index (Phi) is 7.11. The first-order valence-electron chi connectivity index (χ1n) is 8.59. The Bertz CT molecular complexity index is 939. The van der Waals surface area contributed by atoms with E-state index in [2.05, 4.69) is 20.9 Å². The highest BCUT2D eigenvalue weighted by Crippen LogP contribution is 2.12. The van der Waals surface area contributed by atoms with Crippen LogP contribution in [0, 0.1) is 0 Å². The van der Waals surface area contributed by atoms with Gasteiger partial charge in [0.15, 0.2) is 5.11 Å². The molecule has 0 aliphatic rings. The van der Waals surface area contributed by atoms with Crippen molar-refractivity contribution in [2.75, 3.05) is 0 Å². The van der Waals surface area contributed by atoms with Crippen LogP contribution in [0.15, 0.2) is 59.5 Å². The molecule has 0 saturated carbocycles. The second kappa shape index (κ2) is 9.13. The van der Waals surface area contributed by atoms with Gasteiger partial charge in [0.2, 0.25) is 10.0 Å². The molecule has 0 bridgehead atoms. The maximum Gasteiger partial charge on any atom is 0.269 e. The molecular weight excluding hydrogens is 396 g/mol. The molecule has 4 N–H and O–H groups in total. The number of thiocarbonyl (C=S) groups is 1. The van der Waals surface area contributed by atoms with Crippen LogP contribution in [0.2, 0.25) is 0 Å². The summed E-state index contributed by atoms with van der Waals surface area (Å²) in [5, 5.41) is 3.25. The van der Waals surface area contributed by atoms with Crippen LogP contribution in [0.3, 0.4) is 0 Å². The van der Waals surface area contributed by atoms with Gasteiger partial charge >= 0.3 is 0 Å². The standard InChI is InChI=1S/C19H24N4O3S2/c1-19(2,3)21-18(27)23-22-17(24)15-10-7-11-16(12-15)28(25,26)20-13-14-8-5-4-6-9-14/h4-12,20H,13H2,1-3H3,(H,22,24)(H2,21,23,27). The molecule has 9 heteroatoms. The molecule has 150 valence electrons. The van der Waals surface area contributed by atoms with Crippen molar-refractivity contribution in [2.24, 2.45) is 0 Å². The summed E-state index contributed by atoms with van der Waals surface area (Å²) in [5.74, 6) is -0.502. The highest BCUT2D eigenvalue weighted by Gasteiger charge is 2.17. The van der Waals surface area contributed by atoms with Crippen molar-refractivity contribution in [3.8, 4) is 0 Å². The smallest absolute Gasteiger partial charge is 0.269 e. The Morgan fingerprint density at radius 3 is 2.32 bits per heavy atom. The minimum atomic E-state index is -3.76. The average molecular weight is 421 g/mol. The maximum atomic E-state index is 12.5. The Balaban J connectivity index is 2.02. The zero-order chi connectivity index (χ0) is 20.8. The van der Waals surface area contributed by atoms with Crippen molar-refractivity contribution >= 4 is 33.3 Å². The lowest BCUT2D eigenvalue weighted by Gasteiger charge is -2.23. The summed E-state index contributed by atoms with van der Waals surface area (Å²) in [4.78, 5) is 12.3. The monoisotopic (exact) mass is 420 g/mol. The van der Waals surface area contributed by atoms with E-state index in [1.807, 2.05) is 51.1 Å². The topological polar surface area (TPSA) is 99.3 Å². The lowest BCUT2D eigenvalue weighted by molar-refractivity contribution is 0.0943. The Morgan fingerprint density at radius 2 is 1.68 bits per heavy atom. The largest absolute Gasteiger partial charge is 0.357 e. The van der Waals surface area contributed by atoms with E-state index in [9.17, 15) is 13.2 Å². The molecule has 0 aromatic heterocycles. The number of sulfonamides is 1. The molecule has 0 radical (unpaired) electrons. The fraction of sp³-hybridized carbons (Fsp3) is 0.263. The van der Waals surface area contributed by atoms with Gasteiger partial charge in [-0.25, -0.2) is 13.1 Å². The summed E-state index contributed by atoms with van der Waals surface area (Å²) in [5.41, 5.74) is 5.82. The third-order valence-electron chi connectivity index (χ3n) is 3.49. The molecule has 0 aliphatic carbocycles. The lowest BCUT2D eigenvalue weighted by Crippen LogP contribution is -2.52. The van der Waals surface area contributed by atoms with Gasteiger partial charge < -0.3 is 5.32 Å². The molecule has 0 spiro atoms. The highest BCUT2D eigenvalue weighted by molar-refractivity contribution is 7.89. The predicted octanol–water partition coefficient (Wildman–Crippen LogP) is 2.07. The molecule has 0 unspecified atom stereocenters. The van der Waals surface area contributed by atoms with Crippen LogP contribution in [0.5, 0.6) is 0 Å². The van der Waals surface area contributed by atoms with Gasteiger partial charge in [-0.05, 0) is 56.8 Å². The number of hydrazine groups is 1. The first-order chi connectivity index (χ1) is 13.1. The van der Waals surface area contributed by atoms with Gasteiger partial charge in [-0.1, -0.05) is 36.4 Å². The molecule has 2 aromatic carbocycles. The highest BCUT2D eigenvalue weighted by atomic mass is 32.2. The van der Waals surface area contributed by atoms with Gasteiger partial charge in [0.05, 0.1) is 4.90 Å². The van der Waals surface area contributed by atoms with Crippen molar-refractivity contribution in [3.05, 3.63) is 65.7 Å². The Morgan fingerprint density at radius 1 is 1.00 bits per heavy atom. The molecule has 0 heterocycles. The van der Waals surface area contributed by atoms with Gasteiger partial charge in [0, 0.05) is 17.6 Å². The number of benzene rings is 2. The predicted molar refractivity (Wildman–Crippen MR) is 113 cm³/mol. The number of rotatable bonds is 5. The quantitative estimate of drug-likeness (QED) is 0.437. The molecule has 7 nitrogen and oxygen atoms in total. The molecule has 0 atom stereocenters. The minimum Gasteiger partial charge on any atom is -0.357 e. The third kappa shape index (κ3) is 6.91. The van der Waals surface area contributed by atoms with Crippen molar-refractivity contribution in [1.82, 2.24) is 20.9 Å². The maximum absolute atomic E-state index is 12.5. The number of carbonyl (C=O) groups is 1. The van der Waals surface area contributed by atoms with Crippen LogP contribution >= 0.6 is 12.2 Å². The van der Waals surface area contributed by atoms with E-state index in [-0.39, 0.29) is 27.7 Å². The molecule has 0 saturated heterocycles. The van der Waals surface area contributed by atoms with Crippen LogP contribution in [0.1, 0.15) is 36.7 Å². The van der Waals surface area contributed by atoms with Crippen molar-refractivity contribution in [1.29, 1.82) is 0 Å². The molecule has 1 amide bonds.